The molecule has 3 atom stereocenters. The molecule has 0 radical (unpaired) electrons. The van der Waals surface area contributed by atoms with E-state index < -0.39 is 24.0 Å². The summed E-state index contributed by atoms with van der Waals surface area (Å²) in [5.74, 6) is -1.16. The van der Waals surface area contributed by atoms with Gasteiger partial charge in [-0.2, -0.15) is 0 Å². The molecule has 12 heteroatoms. The fourth-order valence-electron chi connectivity index (χ4n) is 6.16. The lowest BCUT2D eigenvalue weighted by Crippen LogP contribution is -2.70. The first-order chi connectivity index (χ1) is 19.0. The average Bonchev–Trinajstić information content (AvgIpc) is 2.93. The van der Waals surface area contributed by atoms with Crippen molar-refractivity contribution in [1.29, 1.82) is 0 Å². The zero-order valence-corrected chi connectivity index (χ0v) is 22.2. The summed E-state index contributed by atoms with van der Waals surface area (Å²) in [6.07, 6.45) is -2.49. The van der Waals surface area contributed by atoms with Crippen LogP contribution in [0.3, 0.4) is 0 Å². The lowest BCUT2D eigenvalue weighted by atomic mass is 9.79. The van der Waals surface area contributed by atoms with Gasteiger partial charge in [0.05, 0.1) is 40.0 Å². The summed E-state index contributed by atoms with van der Waals surface area (Å²) in [6, 6.07) is 5.86. The number of carbonyl (C=O) groups excluding carboxylic acids is 3. The van der Waals surface area contributed by atoms with Gasteiger partial charge in [-0.3, -0.25) is 19.3 Å². The molecule has 3 aliphatic heterocycles. The minimum absolute atomic E-state index is 0.0680. The van der Waals surface area contributed by atoms with Gasteiger partial charge in [0.2, 0.25) is 23.2 Å². The summed E-state index contributed by atoms with van der Waals surface area (Å²) >= 11 is 0. The molecule has 9 nitrogen and oxygen atoms in total. The summed E-state index contributed by atoms with van der Waals surface area (Å²) in [7, 11) is 4.23. The lowest BCUT2D eigenvalue weighted by Gasteiger charge is -2.55. The van der Waals surface area contributed by atoms with Crippen LogP contribution in [-0.4, -0.2) is 79.6 Å². The second-order valence-electron chi connectivity index (χ2n) is 10.1. The van der Waals surface area contributed by atoms with Gasteiger partial charge < -0.3 is 23.8 Å². The zero-order chi connectivity index (χ0) is 28.8. The number of alkyl halides is 3. The number of nitrogens with zero attached hydrogens (tertiary/aromatic N) is 2. The largest absolute Gasteiger partial charge is 0.573 e. The number of fused-ring (bicyclic) bond motifs is 5. The third-order valence-corrected chi connectivity index (χ3v) is 7.90. The van der Waals surface area contributed by atoms with Crippen molar-refractivity contribution < 1.29 is 46.5 Å². The van der Waals surface area contributed by atoms with Crippen LogP contribution in [-0.2, 0) is 22.6 Å². The number of hydrogen-bond acceptors (Lipinski definition) is 8. The fraction of sp³-hybridized carbons (Fsp3) is 0.464. The molecule has 2 saturated heterocycles. The van der Waals surface area contributed by atoms with Crippen LogP contribution in [0.1, 0.15) is 40.7 Å². The van der Waals surface area contributed by atoms with E-state index in [9.17, 15) is 27.6 Å². The topological polar surface area (TPSA) is 94.6 Å². The molecule has 2 aromatic rings. The number of methoxy groups -OCH3 is 3. The molecular weight excluding hydrogens is 533 g/mol. The number of ketones is 2. The van der Waals surface area contributed by atoms with Crippen molar-refractivity contribution in [3.63, 3.8) is 0 Å². The smallest absolute Gasteiger partial charge is 0.493 e. The van der Waals surface area contributed by atoms with Crippen LogP contribution in [0.5, 0.6) is 23.0 Å². The summed E-state index contributed by atoms with van der Waals surface area (Å²) in [5, 5.41) is 0. The van der Waals surface area contributed by atoms with E-state index in [1.807, 2.05) is 0 Å². The molecule has 0 saturated carbocycles. The number of piperazine rings is 1. The number of halogens is 3. The van der Waals surface area contributed by atoms with Gasteiger partial charge in [0.15, 0.2) is 11.5 Å². The van der Waals surface area contributed by atoms with Crippen molar-refractivity contribution in [2.75, 3.05) is 27.9 Å². The molecule has 0 N–H and O–H groups in total. The summed E-state index contributed by atoms with van der Waals surface area (Å²) in [4.78, 5) is 43.6. The maximum atomic E-state index is 13.6. The molecule has 5 rings (SSSR count). The summed E-state index contributed by atoms with van der Waals surface area (Å²) in [5.41, 5.74) is 1.50. The second-order valence-corrected chi connectivity index (χ2v) is 10.1. The maximum absolute atomic E-state index is 13.6. The quantitative estimate of drug-likeness (QED) is 0.356. The van der Waals surface area contributed by atoms with E-state index in [0.29, 0.717) is 24.8 Å². The van der Waals surface area contributed by atoms with E-state index in [1.165, 1.54) is 45.6 Å². The summed E-state index contributed by atoms with van der Waals surface area (Å²) < 4.78 is 58.3. The first-order valence-electron chi connectivity index (χ1n) is 12.9. The Morgan fingerprint density at radius 2 is 1.65 bits per heavy atom. The van der Waals surface area contributed by atoms with Crippen LogP contribution in [0.15, 0.2) is 30.3 Å². The molecule has 2 unspecified atom stereocenters. The average molecular weight is 563 g/mol. The third-order valence-electron chi connectivity index (χ3n) is 7.90. The number of hydrogen-bond donors (Lipinski definition) is 0. The Bertz CT molecular complexity index is 1320. The Labute approximate surface area is 228 Å². The maximum Gasteiger partial charge on any atom is 0.573 e. The molecule has 3 heterocycles. The Hall–Kier alpha value is -3.80. The Balaban J connectivity index is 1.39. The first kappa shape index (κ1) is 27.8. The van der Waals surface area contributed by atoms with Gasteiger partial charge in [0.25, 0.3) is 0 Å². The van der Waals surface area contributed by atoms with Crippen molar-refractivity contribution in [1.82, 2.24) is 9.80 Å². The number of ether oxygens (including phenoxy) is 4. The lowest BCUT2D eigenvalue weighted by molar-refractivity contribution is -0.274. The van der Waals surface area contributed by atoms with E-state index in [4.69, 9.17) is 14.2 Å². The molecule has 0 aliphatic carbocycles. The Morgan fingerprint density at radius 3 is 2.27 bits per heavy atom. The highest BCUT2D eigenvalue weighted by molar-refractivity contribution is 6.44. The molecule has 0 aromatic heterocycles. The standard InChI is InChI=1S/C28H29F3N2O7/c1-37-23-11-17(12-24(38-2)26(23)39-3)25(35)22(34)14-32-19-5-4-6-20(32)27(36)33-13-15-7-8-18(40-28(29,30)31)9-16(15)10-21(19)33/h7-9,11-12,19-21H,4-6,10,13-14H2,1-3H3/t19?,20?,21-/m0/s1. The zero-order valence-electron chi connectivity index (χ0n) is 22.2. The highest BCUT2D eigenvalue weighted by Gasteiger charge is 2.50. The molecular formula is C28H29F3N2O7. The minimum atomic E-state index is -4.81. The monoisotopic (exact) mass is 562 g/mol. The predicted molar refractivity (Wildman–Crippen MR) is 135 cm³/mol. The predicted octanol–water partition coefficient (Wildman–Crippen LogP) is 3.55. The van der Waals surface area contributed by atoms with Crippen LogP contribution in [0, 0.1) is 0 Å². The van der Waals surface area contributed by atoms with Crippen LogP contribution < -0.4 is 18.9 Å². The molecule has 2 fully saturated rings. The van der Waals surface area contributed by atoms with Gasteiger partial charge in [0.1, 0.15) is 5.75 Å². The van der Waals surface area contributed by atoms with E-state index >= 15 is 0 Å². The molecule has 3 aliphatic rings. The molecule has 2 bridgehead atoms. The van der Waals surface area contributed by atoms with E-state index in [1.54, 1.807) is 15.9 Å². The highest BCUT2D eigenvalue weighted by Crippen LogP contribution is 2.41. The van der Waals surface area contributed by atoms with Gasteiger partial charge in [0, 0.05) is 18.2 Å². The molecule has 1 amide bonds. The molecule has 40 heavy (non-hydrogen) atoms. The molecule has 0 spiro atoms. The van der Waals surface area contributed by atoms with Crippen molar-refractivity contribution in [3.05, 3.63) is 47.0 Å². The van der Waals surface area contributed by atoms with Crippen LogP contribution >= 0.6 is 0 Å². The van der Waals surface area contributed by atoms with E-state index in [-0.39, 0.29) is 59.6 Å². The number of carbonyl (C=O) groups is 3. The molecule has 214 valence electrons. The minimum Gasteiger partial charge on any atom is -0.493 e. The van der Waals surface area contributed by atoms with Crippen molar-refractivity contribution in [2.45, 2.75) is 56.7 Å². The van der Waals surface area contributed by atoms with Crippen LogP contribution in [0.25, 0.3) is 0 Å². The number of benzene rings is 2. The Kier molecular flexibility index (Phi) is 7.38. The van der Waals surface area contributed by atoms with Crippen molar-refractivity contribution in [3.8, 4) is 23.0 Å². The van der Waals surface area contributed by atoms with Crippen LogP contribution in [0.4, 0.5) is 13.2 Å². The fourth-order valence-corrected chi connectivity index (χ4v) is 6.16. The normalized spacial score (nSPS) is 22.2. The number of piperidine rings is 1. The van der Waals surface area contributed by atoms with Crippen molar-refractivity contribution >= 4 is 17.5 Å². The van der Waals surface area contributed by atoms with Gasteiger partial charge >= 0.3 is 6.36 Å². The van der Waals surface area contributed by atoms with Gasteiger partial charge in [-0.1, -0.05) is 6.07 Å². The van der Waals surface area contributed by atoms with Gasteiger partial charge in [-0.05, 0) is 61.1 Å². The van der Waals surface area contributed by atoms with E-state index in [2.05, 4.69) is 4.74 Å². The van der Waals surface area contributed by atoms with E-state index in [0.717, 1.165) is 12.0 Å². The van der Waals surface area contributed by atoms with Gasteiger partial charge in [-0.15, -0.1) is 13.2 Å². The van der Waals surface area contributed by atoms with Crippen LogP contribution in [0.2, 0.25) is 0 Å². The summed E-state index contributed by atoms with van der Waals surface area (Å²) in [6.45, 7) is 0.00920. The second kappa shape index (κ2) is 10.6. The van der Waals surface area contributed by atoms with Gasteiger partial charge in [-0.25, -0.2) is 0 Å². The third kappa shape index (κ3) is 5.07. The number of amides is 1. The number of rotatable bonds is 8. The number of Topliss-reactive ketones (excluding diaryl/α,β-unsaturated/α-hetero) is 2. The van der Waals surface area contributed by atoms with Crippen molar-refractivity contribution in [2.24, 2.45) is 0 Å². The highest BCUT2D eigenvalue weighted by atomic mass is 19.4. The first-order valence-corrected chi connectivity index (χ1v) is 12.9. The molecule has 2 aromatic carbocycles. The SMILES string of the molecule is COc1cc(C(=O)C(=O)CN2C3CCCC2[C@@H]2Cc4cc(OC(F)(F)F)ccc4CN2C3=O)cc(OC)c1OC. The Morgan fingerprint density at radius 1 is 0.950 bits per heavy atom.